The molecule has 3 unspecified atom stereocenters. The van der Waals surface area contributed by atoms with Crippen LogP contribution in [0.15, 0.2) is 206 Å². The summed E-state index contributed by atoms with van der Waals surface area (Å²) in [7, 11) is 0. The standard InChI is InChI=1S/C59H36N4/c1-3-19-42-37(15-1)38-16-2-4-20-43(38)56-55(42)44-21-6-10-24-48(44)59(56)47-23-9-5-17-39(47)40-31-29-36(34-49(40)59)35-30-32-53-46(33-35)41-18-8-13-27-52(41)62(53)58-61-50-25-11-7-22-45(50)57-60-51-26-12-14-28-54(51)63(57)58/h1-34,37,42H. The second-order valence-electron chi connectivity index (χ2n) is 17.6. The number of allylic oxidation sites excluding steroid dienone is 6. The van der Waals surface area contributed by atoms with E-state index in [1.54, 1.807) is 0 Å². The van der Waals surface area contributed by atoms with Crippen molar-refractivity contribution in [3.8, 4) is 28.2 Å². The van der Waals surface area contributed by atoms with Gasteiger partial charge in [-0.2, -0.15) is 0 Å². The smallest absolute Gasteiger partial charge is 0.221 e. The Hall–Kier alpha value is -8.08. The molecule has 1 spiro atoms. The van der Waals surface area contributed by atoms with Crippen LogP contribution in [-0.2, 0) is 5.41 Å². The van der Waals surface area contributed by atoms with Crippen LogP contribution in [0, 0.1) is 5.92 Å². The van der Waals surface area contributed by atoms with E-state index in [9.17, 15) is 0 Å². The van der Waals surface area contributed by atoms with Crippen molar-refractivity contribution in [2.24, 2.45) is 5.92 Å². The molecule has 292 valence electrons. The summed E-state index contributed by atoms with van der Waals surface area (Å²) in [6, 6.07) is 67.5. The minimum absolute atomic E-state index is 0.262. The fourth-order valence-corrected chi connectivity index (χ4v) is 12.3. The highest BCUT2D eigenvalue weighted by molar-refractivity contribution is 6.14. The van der Waals surface area contributed by atoms with Crippen LogP contribution in [0.25, 0.3) is 88.7 Å². The molecule has 4 heteroatoms. The van der Waals surface area contributed by atoms with Gasteiger partial charge in [-0.3, -0.25) is 8.97 Å². The molecule has 63 heavy (non-hydrogen) atoms. The number of nitrogens with zero attached hydrogens (tertiary/aromatic N) is 4. The van der Waals surface area contributed by atoms with Crippen LogP contribution in [0.2, 0.25) is 0 Å². The average Bonchev–Trinajstić information content (AvgIpc) is 4.08. The van der Waals surface area contributed by atoms with Gasteiger partial charge in [0.1, 0.15) is 5.65 Å². The third kappa shape index (κ3) is 4.16. The SMILES string of the molecule is C1=CC2C3=C(c4ccccc4C2C=C1)C1(c2ccccc23)c2ccccc2-c2ccc(-c3ccc4c(c3)c3ccccc3n4-c3nc4ccccc4c4nc5ccccc5n34)cc21. The van der Waals surface area contributed by atoms with E-state index in [4.69, 9.17) is 9.97 Å². The lowest BCUT2D eigenvalue weighted by atomic mass is 9.62. The normalized spacial score (nSPS) is 19.0. The Bertz CT molecular complexity index is 3950. The molecule has 0 amide bonds. The molecular formula is C59H36N4. The summed E-state index contributed by atoms with van der Waals surface area (Å²) in [4.78, 5) is 10.6. The first-order valence-corrected chi connectivity index (χ1v) is 22.0. The summed E-state index contributed by atoms with van der Waals surface area (Å²) in [6.45, 7) is 0. The van der Waals surface area contributed by atoms with E-state index < -0.39 is 5.41 Å². The molecule has 4 aliphatic carbocycles. The second-order valence-corrected chi connectivity index (χ2v) is 17.6. The molecule has 3 heterocycles. The highest BCUT2D eigenvalue weighted by Crippen LogP contribution is 2.68. The lowest BCUT2D eigenvalue weighted by Gasteiger charge is -2.39. The first-order valence-electron chi connectivity index (χ1n) is 22.0. The number of hydrogen-bond donors (Lipinski definition) is 0. The Kier molecular flexibility index (Phi) is 6.43. The fraction of sp³-hybridized carbons (Fsp3) is 0.0508. The first kappa shape index (κ1) is 33.6. The fourth-order valence-electron chi connectivity index (χ4n) is 12.3. The predicted octanol–water partition coefficient (Wildman–Crippen LogP) is 13.9. The molecule has 4 aliphatic rings. The molecule has 0 bridgehead atoms. The van der Waals surface area contributed by atoms with Crippen LogP contribution in [0.3, 0.4) is 0 Å². The highest BCUT2D eigenvalue weighted by atomic mass is 15.2. The summed E-state index contributed by atoms with van der Waals surface area (Å²) in [5, 5.41) is 3.41. The maximum atomic E-state index is 5.42. The molecule has 8 aromatic carbocycles. The molecular weight excluding hydrogens is 765 g/mol. The van der Waals surface area contributed by atoms with Crippen molar-refractivity contribution in [3.63, 3.8) is 0 Å². The number of hydrogen-bond acceptors (Lipinski definition) is 2. The van der Waals surface area contributed by atoms with E-state index in [1.165, 1.54) is 77.6 Å². The van der Waals surface area contributed by atoms with Crippen LogP contribution in [0.5, 0.6) is 0 Å². The maximum Gasteiger partial charge on any atom is 0.221 e. The Morgan fingerprint density at radius 2 is 1.05 bits per heavy atom. The molecule has 4 nitrogen and oxygen atoms in total. The summed E-state index contributed by atoms with van der Waals surface area (Å²) < 4.78 is 4.57. The van der Waals surface area contributed by atoms with Gasteiger partial charge in [0.25, 0.3) is 0 Å². The molecule has 3 atom stereocenters. The van der Waals surface area contributed by atoms with E-state index in [2.05, 4.69) is 215 Å². The van der Waals surface area contributed by atoms with Gasteiger partial charge < -0.3 is 0 Å². The number of imidazole rings is 1. The highest BCUT2D eigenvalue weighted by Gasteiger charge is 2.56. The molecule has 0 N–H and O–H groups in total. The van der Waals surface area contributed by atoms with Crippen LogP contribution < -0.4 is 0 Å². The van der Waals surface area contributed by atoms with Gasteiger partial charge in [0.2, 0.25) is 5.95 Å². The van der Waals surface area contributed by atoms with Crippen molar-refractivity contribution in [3.05, 3.63) is 240 Å². The number of fused-ring (bicyclic) bond motifs is 22. The zero-order chi connectivity index (χ0) is 41.0. The summed E-state index contributed by atoms with van der Waals surface area (Å²) in [5.74, 6) is 1.40. The molecule has 0 radical (unpaired) electrons. The number of benzene rings is 8. The van der Waals surface area contributed by atoms with Crippen LogP contribution in [-0.4, -0.2) is 18.9 Å². The minimum Gasteiger partial charge on any atom is -0.279 e. The molecule has 11 aromatic rings. The monoisotopic (exact) mass is 800 g/mol. The quantitative estimate of drug-likeness (QED) is 0.175. The summed E-state index contributed by atoms with van der Waals surface area (Å²) in [6.07, 6.45) is 9.35. The van der Waals surface area contributed by atoms with Crippen molar-refractivity contribution in [2.45, 2.75) is 11.3 Å². The molecule has 0 saturated carbocycles. The van der Waals surface area contributed by atoms with Crippen LogP contribution in [0.4, 0.5) is 0 Å². The van der Waals surface area contributed by atoms with Crippen molar-refractivity contribution >= 4 is 60.5 Å². The van der Waals surface area contributed by atoms with Crippen molar-refractivity contribution < 1.29 is 0 Å². The second kappa shape index (κ2) is 12.1. The summed E-state index contributed by atoms with van der Waals surface area (Å²) >= 11 is 0. The number of rotatable bonds is 2. The van der Waals surface area contributed by atoms with Crippen molar-refractivity contribution in [1.82, 2.24) is 18.9 Å². The first-order chi connectivity index (χ1) is 31.3. The topological polar surface area (TPSA) is 35.1 Å². The maximum absolute atomic E-state index is 5.42. The molecule has 0 fully saturated rings. The van der Waals surface area contributed by atoms with Crippen molar-refractivity contribution in [2.75, 3.05) is 0 Å². The van der Waals surface area contributed by atoms with Crippen molar-refractivity contribution in [1.29, 1.82) is 0 Å². The third-order valence-corrected chi connectivity index (χ3v) is 14.7. The van der Waals surface area contributed by atoms with Gasteiger partial charge in [-0.15, -0.1) is 0 Å². The molecule has 15 rings (SSSR count). The molecule has 0 aliphatic heterocycles. The Labute approximate surface area is 363 Å². The zero-order valence-electron chi connectivity index (χ0n) is 34.1. The largest absolute Gasteiger partial charge is 0.279 e. The lowest BCUT2D eigenvalue weighted by molar-refractivity contribution is 0.702. The lowest BCUT2D eigenvalue weighted by Crippen LogP contribution is -2.29. The van der Waals surface area contributed by atoms with Gasteiger partial charge in [-0.1, -0.05) is 158 Å². The Balaban J connectivity index is 0.987. The van der Waals surface area contributed by atoms with Crippen LogP contribution >= 0.6 is 0 Å². The minimum atomic E-state index is -0.467. The van der Waals surface area contributed by atoms with Gasteiger partial charge >= 0.3 is 0 Å². The zero-order valence-corrected chi connectivity index (χ0v) is 34.1. The van der Waals surface area contributed by atoms with E-state index >= 15 is 0 Å². The van der Waals surface area contributed by atoms with Gasteiger partial charge in [-0.05, 0) is 115 Å². The van der Waals surface area contributed by atoms with Gasteiger partial charge in [0, 0.05) is 28.0 Å². The third-order valence-electron chi connectivity index (χ3n) is 14.7. The molecule has 3 aromatic heterocycles. The predicted molar refractivity (Wildman–Crippen MR) is 257 cm³/mol. The average molecular weight is 801 g/mol. The van der Waals surface area contributed by atoms with E-state index in [-0.39, 0.29) is 5.92 Å². The van der Waals surface area contributed by atoms with Gasteiger partial charge in [-0.25, -0.2) is 9.97 Å². The molecule has 0 saturated heterocycles. The Morgan fingerprint density at radius 3 is 1.92 bits per heavy atom. The van der Waals surface area contributed by atoms with Gasteiger partial charge in [0.05, 0.1) is 33.0 Å². The number of aromatic nitrogens is 4. The number of para-hydroxylation sites is 4. The van der Waals surface area contributed by atoms with E-state index in [0.717, 1.165) is 44.6 Å². The van der Waals surface area contributed by atoms with Gasteiger partial charge in [0.15, 0.2) is 0 Å². The summed E-state index contributed by atoms with van der Waals surface area (Å²) in [5.41, 5.74) is 21.8. The Morgan fingerprint density at radius 1 is 0.429 bits per heavy atom. The van der Waals surface area contributed by atoms with E-state index in [1.807, 2.05) is 0 Å². The van der Waals surface area contributed by atoms with E-state index in [0.29, 0.717) is 5.92 Å². The van der Waals surface area contributed by atoms with Crippen LogP contribution in [0.1, 0.15) is 39.3 Å².